The van der Waals surface area contributed by atoms with Crippen molar-refractivity contribution in [2.24, 2.45) is 31.7 Å². The quantitative estimate of drug-likeness (QED) is 0.0459. The molecule has 0 saturated heterocycles. The van der Waals surface area contributed by atoms with Crippen LogP contribution in [-0.4, -0.2) is 129 Å². The number of aryl methyl sites for hydroxylation is 2. The lowest BCUT2D eigenvalue weighted by atomic mass is 9.77. The highest BCUT2D eigenvalue weighted by Crippen LogP contribution is 2.70. The Morgan fingerprint density at radius 3 is 1.36 bits per heavy atom. The second-order valence-electron chi connectivity index (χ2n) is 30.9. The fourth-order valence-electron chi connectivity index (χ4n) is 16.4. The molecule has 16 rings (SSSR count). The standard InChI is InChI=1S/C40H32ClF8N5O4S.C29H26ClF3N4O3S.C10H7F5N2O2/c1-53-34-26(8-9-29(41)32(34)30(51-53)17-59(2,57)58)25-7-6-23(10-11-37(56)18-38(43,44)19-37)50-33(25)21(12-20-4-3-5-22(42)13-20)14-24(55)16-54-36-31(35(52-54)40(47,48)49)27-15-28(27)39(36,45)46;1-37-27-21(8-9-22(30)25(27)24(36-37)14-41(2,39)40)20-7-6-19(10-11-28(38)15-29(32,33)16-28)35-26(20)23(34)13-17-4-3-5-18(31)12-17;11-9(12)4-1-3(4)6-7(10(13,14)15)16-17(8(6)9)2-5(18)19/h3-9,13,21,27-28,56H,12,14-19H2,1-2H3;3-9,12,23,38H,13-16,34H2,1-2H3;3-4H,1-2H2,(H,18,19)/t21-,27+,28-;23-;3-,4+/m100/s1. The number of benzene rings is 4. The summed E-state index contributed by atoms with van der Waals surface area (Å²) in [5, 5.41) is 46.0. The van der Waals surface area contributed by atoms with Gasteiger partial charge in [-0.1, -0.05) is 71.4 Å². The van der Waals surface area contributed by atoms with E-state index in [2.05, 4.69) is 49.1 Å². The number of fused-ring (bicyclic) bond motifs is 8. The Labute approximate surface area is 675 Å². The number of rotatable bonds is 18. The van der Waals surface area contributed by atoms with E-state index >= 15 is 8.78 Å². The van der Waals surface area contributed by atoms with Crippen molar-refractivity contribution in [3.8, 4) is 45.9 Å². The molecule has 0 spiro atoms. The summed E-state index contributed by atoms with van der Waals surface area (Å²) in [5.41, 5.74) is 1.75. The number of alkyl halides is 14. The van der Waals surface area contributed by atoms with E-state index in [9.17, 15) is 98.1 Å². The highest BCUT2D eigenvalue weighted by atomic mass is 35.5. The van der Waals surface area contributed by atoms with E-state index < -0.39 is 211 Å². The number of sulfone groups is 2. The zero-order chi connectivity index (χ0) is 86.5. The van der Waals surface area contributed by atoms with Gasteiger partial charge in [0.25, 0.3) is 23.7 Å². The number of halogens is 18. The predicted molar refractivity (Wildman–Crippen MR) is 398 cm³/mol. The molecule has 0 radical (unpaired) electrons. The van der Waals surface area contributed by atoms with Crippen molar-refractivity contribution in [3.63, 3.8) is 0 Å². The average Bonchev–Trinajstić information content (AvgIpc) is 1.52. The number of pyridine rings is 2. The van der Waals surface area contributed by atoms with Crippen LogP contribution in [0, 0.1) is 47.2 Å². The zero-order valence-electron chi connectivity index (χ0n) is 62.4. The average molecular weight is 1750 g/mol. The number of hydrogen-bond acceptors (Lipinski definition) is 15. The lowest BCUT2D eigenvalue weighted by Gasteiger charge is -2.39. The SMILES string of the molecule is Cn1nc(CS(C)(=O)=O)c2c(Cl)ccc(-c3ccc(C#CC4(O)CC(F)(F)C4)nc3[C@@H](CC(=O)Cn3nc(C(F)(F)F)c4c3C(F)(F)[C@@H]3C[C@H]43)Cc3cccc(F)c3)c21.Cn1nc(CS(C)(=O)=O)c2c(Cl)ccc(-c3ccc(C#CC4(O)CC(F)(F)C4)nc3[C@@H](N)Cc3cccc(F)c3)c21.O=C(O)Cn1nc(C(F)(F)F)c2c1C(F)(F)[C@@H]1C[C@H]21. The molecule has 4 fully saturated rings. The molecule has 119 heavy (non-hydrogen) atoms. The van der Waals surface area contributed by atoms with Crippen LogP contribution in [0.4, 0.5) is 70.2 Å². The molecular formula is C79H65Cl2F16N11O9S2. The smallest absolute Gasteiger partial charge is 0.435 e. The minimum atomic E-state index is -5.06. The third-order valence-corrected chi connectivity index (χ3v) is 23.5. The summed E-state index contributed by atoms with van der Waals surface area (Å²) in [6.07, 6.45) is -11.8. The molecule has 0 bridgehead atoms. The molecule has 4 aromatic carbocycles. The van der Waals surface area contributed by atoms with E-state index in [4.69, 9.17) is 39.0 Å². The third kappa shape index (κ3) is 17.4. The monoisotopic (exact) mass is 1750 g/mol. The number of carboxylic acids is 1. The topological polar surface area (TPSA) is 286 Å². The highest BCUT2D eigenvalue weighted by molar-refractivity contribution is 7.90. The number of aromatic nitrogens is 10. The van der Waals surface area contributed by atoms with Gasteiger partial charge in [0.2, 0.25) is 0 Å². The molecule has 6 atom stereocenters. The summed E-state index contributed by atoms with van der Waals surface area (Å²) in [6.45, 7) is -1.97. The number of carboxylic acid groups (broad SMARTS) is 1. The Kier molecular flexibility index (Phi) is 21.6. The third-order valence-electron chi connectivity index (χ3n) is 21.2. The number of nitrogens with zero attached hydrogens (tertiary/aromatic N) is 10. The van der Waals surface area contributed by atoms with Gasteiger partial charge in [0.1, 0.15) is 58.7 Å². The van der Waals surface area contributed by atoms with Gasteiger partial charge >= 0.3 is 18.3 Å². The molecule has 40 heteroatoms. The molecule has 6 aliphatic rings. The molecule has 628 valence electrons. The minimum absolute atomic E-state index is 0.0121. The first-order valence-electron chi connectivity index (χ1n) is 36.2. The van der Waals surface area contributed by atoms with Gasteiger partial charge in [-0.2, -0.15) is 64.3 Å². The summed E-state index contributed by atoms with van der Waals surface area (Å²) < 4.78 is 274. The molecule has 5 N–H and O–H groups in total. The minimum Gasteiger partial charge on any atom is -0.480 e. The van der Waals surface area contributed by atoms with E-state index in [-0.39, 0.29) is 69.3 Å². The Balaban J connectivity index is 0.000000166. The van der Waals surface area contributed by atoms with Crippen molar-refractivity contribution in [2.75, 3.05) is 12.5 Å². The lowest BCUT2D eigenvalue weighted by molar-refractivity contribution is -0.177. The first-order valence-corrected chi connectivity index (χ1v) is 41.1. The van der Waals surface area contributed by atoms with Crippen LogP contribution in [0.5, 0.6) is 0 Å². The van der Waals surface area contributed by atoms with E-state index in [0.717, 1.165) is 12.5 Å². The lowest BCUT2D eigenvalue weighted by Crippen LogP contribution is -2.50. The summed E-state index contributed by atoms with van der Waals surface area (Å²) in [6, 6.07) is 23.3. The summed E-state index contributed by atoms with van der Waals surface area (Å²) >= 11 is 13.1. The molecule has 4 saturated carbocycles. The Morgan fingerprint density at radius 1 is 0.571 bits per heavy atom. The van der Waals surface area contributed by atoms with Gasteiger partial charge in [-0.3, -0.25) is 28.3 Å². The van der Waals surface area contributed by atoms with Crippen LogP contribution in [0.15, 0.2) is 97.1 Å². The van der Waals surface area contributed by atoms with Crippen LogP contribution in [0.1, 0.15) is 148 Å². The number of Topliss-reactive ketones (excluding diaryl/α,β-unsaturated/α-hetero) is 1. The highest BCUT2D eigenvalue weighted by Gasteiger charge is 2.70. The van der Waals surface area contributed by atoms with Crippen molar-refractivity contribution in [3.05, 3.63) is 198 Å². The van der Waals surface area contributed by atoms with Crippen molar-refractivity contribution >= 4 is 76.4 Å². The number of hydrogen-bond donors (Lipinski definition) is 4. The predicted octanol–water partition coefficient (Wildman–Crippen LogP) is 14.8. The number of aliphatic hydroxyl groups is 2. The maximum absolute atomic E-state index is 15.4. The molecule has 10 aromatic rings. The van der Waals surface area contributed by atoms with Crippen LogP contribution >= 0.6 is 23.2 Å². The van der Waals surface area contributed by atoms with Crippen LogP contribution in [0.25, 0.3) is 44.1 Å². The fraction of sp³-hybridized carbons (Fsp3) is 0.392. The van der Waals surface area contributed by atoms with Crippen LogP contribution < -0.4 is 5.73 Å². The molecule has 0 amide bonds. The maximum atomic E-state index is 15.4. The molecule has 6 heterocycles. The van der Waals surface area contributed by atoms with Gasteiger partial charge in [-0.25, -0.2) is 53.1 Å². The number of ketones is 1. The zero-order valence-corrected chi connectivity index (χ0v) is 65.5. The van der Waals surface area contributed by atoms with Gasteiger partial charge in [-0.05, 0) is 121 Å². The van der Waals surface area contributed by atoms with Gasteiger partial charge in [0.05, 0.1) is 87.1 Å². The first kappa shape index (κ1) is 85.5. The van der Waals surface area contributed by atoms with Crippen LogP contribution in [0.3, 0.4) is 0 Å². The summed E-state index contributed by atoms with van der Waals surface area (Å²) in [5.74, 6) is -12.6. The normalized spacial score (nSPS) is 20.1. The summed E-state index contributed by atoms with van der Waals surface area (Å²) in [4.78, 5) is 34.0. The van der Waals surface area contributed by atoms with E-state index in [0.29, 0.717) is 70.9 Å². The van der Waals surface area contributed by atoms with Gasteiger partial charge in [0.15, 0.2) is 36.8 Å². The van der Waals surface area contributed by atoms with E-state index in [1.807, 2.05) is 0 Å². The van der Waals surface area contributed by atoms with Gasteiger partial charge in [0, 0.05) is 94.9 Å². The largest absolute Gasteiger partial charge is 0.480 e. The van der Waals surface area contributed by atoms with Crippen molar-refractivity contribution in [2.45, 2.75) is 153 Å². The fourth-order valence-corrected chi connectivity index (χ4v) is 18.3. The Bertz CT molecular complexity index is 6230. The van der Waals surface area contributed by atoms with Crippen LogP contribution in [-0.2, 0) is 105 Å². The molecule has 6 aliphatic carbocycles. The maximum Gasteiger partial charge on any atom is 0.435 e. The molecular weight excluding hydrogens is 1690 g/mol. The van der Waals surface area contributed by atoms with Crippen molar-refractivity contribution in [1.82, 2.24) is 49.1 Å². The van der Waals surface area contributed by atoms with Crippen LogP contribution in [0.2, 0.25) is 10.0 Å². The second kappa shape index (κ2) is 30.0. The Morgan fingerprint density at radius 2 is 0.966 bits per heavy atom. The molecule has 0 aliphatic heterocycles. The van der Waals surface area contributed by atoms with E-state index in [1.54, 1.807) is 67.3 Å². The molecule has 6 aromatic heterocycles. The Hall–Kier alpha value is -9.96. The number of carbonyl (C=O) groups is 2. The first-order chi connectivity index (χ1) is 55.2. The van der Waals surface area contributed by atoms with Crippen molar-refractivity contribution in [1.29, 1.82) is 0 Å². The van der Waals surface area contributed by atoms with Gasteiger partial charge in [-0.15, -0.1) is 0 Å². The molecule has 0 unspecified atom stereocenters. The van der Waals surface area contributed by atoms with Gasteiger partial charge < -0.3 is 21.1 Å². The number of aliphatic carboxylic acids is 1. The van der Waals surface area contributed by atoms with E-state index in [1.165, 1.54) is 53.2 Å². The molecule has 20 nitrogen and oxygen atoms in total. The second-order valence-corrected chi connectivity index (χ2v) is 36.0. The van der Waals surface area contributed by atoms with Crippen molar-refractivity contribution < 1.29 is 112 Å². The number of nitrogens with two attached hydrogens (primary N) is 1. The summed E-state index contributed by atoms with van der Waals surface area (Å²) in [7, 11) is -3.82. The number of carbonyl (C=O) groups excluding carboxylic acids is 1.